The number of nitrogens with one attached hydrogen (secondary N) is 3. The number of nitrogens with two attached hydrogens (primary N) is 1. The van der Waals surface area contributed by atoms with Crippen molar-refractivity contribution >= 4 is 58.1 Å². The summed E-state index contributed by atoms with van der Waals surface area (Å²) in [6.07, 6.45) is 1.40. The smallest absolute Gasteiger partial charge is 0.338 e. The zero-order chi connectivity index (χ0) is 26.8. The predicted octanol–water partition coefficient (Wildman–Crippen LogP) is 4.27. The molecule has 1 amide bonds. The molecule has 12 heteroatoms. The minimum absolute atomic E-state index is 0.173. The monoisotopic (exact) mass is 531 g/mol. The van der Waals surface area contributed by atoms with Gasteiger partial charge in [0.25, 0.3) is 5.91 Å². The number of halogens is 1. The van der Waals surface area contributed by atoms with Crippen molar-refractivity contribution in [3.05, 3.63) is 88.2 Å². The molecule has 2 aromatic carbocycles. The lowest BCUT2D eigenvalue weighted by Crippen LogP contribution is -2.37. The molecule has 1 aliphatic rings. The number of benzene rings is 2. The first-order valence-corrected chi connectivity index (χ1v) is 11.8. The standard InChI is InChI=1S/C26H22ClN7O4/c1-13-20(23(35)32-19-12-14(10-11-29-19)24(36)37-2)21(15-6-3-4-7-16(15)27)33-25(30-13)34-26-31-18-9-5-8-17(28)22(18)38-26/h3-12,21H,28H2,1-2H3,(H,29,32,35)(H2,30,31,33,34)/t21-/m1/s1. The van der Waals surface area contributed by atoms with E-state index in [9.17, 15) is 9.59 Å². The van der Waals surface area contributed by atoms with E-state index < -0.39 is 17.9 Å². The lowest BCUT2D eigenvalue weighted by atomic mass is 9.95. The second kappa shape index (κ2) is 10.2. The van der Waals surface area contributed by atoms with Crippen LogP contribution in [0.2, 0.25) is 5.02 Å². The second-order valence-electron chi connectivity index (χ2n) is 8.28. The molecule has 0 bridgehead atoms. The summed E-state index contributed by atoms with van der Waals surface area (Å²) in [6, 6.07) is 14.7. The van der Waals surface area contributed by atoms with Crippen molar-refractivity contribution in [1.29, 1.82) is 0 Å². The number of aromatic nitrogens is 2. The van der Waals surface area contributed by atoms with Crippen molar-refractivity contribution in [3.8, 4) is 0 Å². The Balaban J connectivity index is 1.48. The number of carbonyl (C=O) groups is 2. The Kier molecular flexibility index (Phi) is 6.67. The van der Waals surface area contributed by atoms with Crippen molar-refractivity contribution in [2.75, 3.05) is 23.5 Å². The SMILES string of the molecule is COC(=O)c1ccnc(NC(=O)C2=C(C)NC(Nc3nc4cccc(N)c4o3)=N[C@@H]2c2ccccc2Cl)c1. The summed E-state index contributed by atoms with van der Waals surface area (Å²) >= 11 is 6.51. The summed E-state index contributed by atoms with van der Waals surface area (Å²) < 4.78 is 10.5. The minimum Gasteiger partial charge on any atom is -0.465 e. The van der Waals surface area contributed by atoms with Gasteiger partial charge in [-0.15, -0.1) is 0 Å². The molecule has 0 radical (unpaired) electrons. The summed E-state index contributed by atoms with van der Waals surface area (Å²) in [4.78, 5) is 38.7. The number of anilines is 3. The number of para-hydroxylation sites is 1. The van der Waals surface area contributed by atoms with E-state index in [1.54, 1.807) is 43.3 Å². The number of guanidine groups is 1. The van der Waals surface area contributed by atoms with Crippen LogP contribution in [0.3, 0.4) is 0 Å². The first-order valence-electron chi connectivity index (χ1n) is 11.4. The number of rotatable bonds is 5. The number of methoxy groups -OCH3 is 1. The molecule has 0 saturated heterocycles. The number of amides is 1. The molecule has 0 fully saturated rings. The number of allylic oxidation sites excluding steroid dienone is 1. The van der Waals surface area contributed by atoms with Crippen LogP contribution in [-0.2, 0) is 9.53 Å². The number of nitrogens with zero attached hydrogens (tertiary/aromatic N) is 3. The number of nitrogen functional groups attached to an aromatic ring is 1. The molecule has 38 heavy (non-hydrogen) atoms. The zero-order valence-corrected chi connectivity index (χ0v) is 21.0. The Morgan fingerprint density at radius 1 is 1.16 bits per heavy atom. The van der Waals surface area contributed by atoms with Crippen LogP contribution >= 0.6 is 11.6 Å². The highest BCUT2D eigenvalue weighted by Crippen LogP contribution is 2.35. The van der Waals surface area contributed by atoms with E-state index in [2.05, 4.69) is 25.9 Å². The fraction of sp³-hybridized carbons (Fsp3) is 0.115. The molecule has 4 aromatic rings. The van der Waals surface area contributed by atoms with Crippen molar-refractivity contribution in [2.24, 2.45) is 4.99 Å². The summed E-state index contributed by atoms with van der Waals surface area (Å²) in [5, 5.41) is 9.27. The number of carbonyl (C=O) groups excluding carboxylic acids is 2. The Labute approximate surface area is 221 Å². The molecule has 3 heterocycles. The summed E-state index contributed by atoms with van der Waals surface area (Å²) in [5.74, 6) is -0.562. The molecular weight excluding hydrogens is 510 g/mol. The van der Waals surface area contributed by atoms with Crippen LogP contribution in [0.1, 0.15) is 28.9 Å². The van der Waals surface area contributed by atoms with Gasteiger partial charge in [0, 0.05) is 22.5 Å². The van der Waals surface area contributed by atoms with E-state index in [0.29, 0.717) is 44.6 Å². The van der Waals surface area contributed by atoms with Gasteiger partial charge in [-0.25, -0.2) is 14.8 Å². The van der Waals surface area contributed by atoms with Gasteiger partial charge in [-0.05, 0) is 37.3 Å². The lowest BCUT2D eigenvalue weighted by Gasteiger charge is -2.26. The van der Waals surface area contributed by atoms with Gasteiger partial charge in [-0.2, -0.15) is 4.98 Å². The Morgan fingerprint density at radius 2 is 1.97 bits per heavy atom. The minimum atomic E-state index is -0.786. The van der Waals surface area contributed by atoms with Gasteiger partial charge in [0.15, 0.2) is 5.58 Å². The van der Waals surface area contributed by atoms with Gasteiger partial charge < -0.3 is 25.5 Å². The topological polar surface area (TPSA) is 157 Å². The van der Waals surface area contributed by atoms with Gasteiger partial charge in [-0.3, -0.25) is 10.1 Å². The number of oxazole rings is 1. The molecular formula is C26H22ClN7O4. The zero-order valence-electron chi connectivity index (χ0n) is 20.3. The molecule has 11 nitrogen and oxygen atoms in total. The van der Waals surface area contributed by atoms with Crippen LogP contribution < -0.4 is 21.7 Å². The largest absolute Gasteiger partial charge is 0.465 e. The van der Waals surface area contributed by atoms with Crippen molar-refractivity contribution < 1.29 is 18.7 Å². The van der Waals surface area contributed by atoms with E-state index in [0.717, 1.165) is 0 Å². The normalized spacial score (nSPS) is 15.0. The van der Waals surface area contributed by atoms with Crippen LogP contribution in [0.25, 0.3) is 11.1 Å². The predicted molar refractivity (Wildman–Crippen MR) is 144 cm³/mol. The van der Waals surface area contributed by atoms with E-state index >= 15 is 0 Å². The van der Waals surface area contributed by atoms with Crippen LogP contribution in [-0.4, -0.2) is 34.9 Å². The maximum atomic E-state index is 13.5. The molecule has 0 aliphatic carbocycles. The Morgan fingerprint density at radius 3 is 2.74 bits per heavy atom. The van der Waals surface area contributed by atoms with E-state index in [4.69, 9.17) is 31.5 Å². The van der Waals surface area contributed by atoms with E-state index in [1.807, 2.05) is 6.07 Å². The number of hydrogen-bond acceptors (Lipinski definition) is 10. The maximum absolute atomic E-state index is 13.5. The second-order valence-corrected chi connectivity index (χ2v) is 8.69. The van der Waals surface area contributed by atoms with Crippen LogP contribution in [0.4, 0.5) is 17.5 Å². The number of fused-ring (bicyclic) bond motifs is 1. The number of esters is 1. The molecule has 0 unspecified atom stereocenters. The van der Waals surface area contributed by atoms with Crippen molar-refractivity contribution in [3.63, 3.8) is 0 Å². The molecule has 5 rings (SSSR count). The maximum Gasteiger partial charge on any atom is 0.338 e. The third-order valence-electron chi connectivity index (χ3n) is 5.78. The molecule has 2 aromatic heterocycles. The Bertz CT molecular complexity index is 1630. The first-order chi connectivity index (χ1) is 18.3. The molecule has 192 valence electrons. The van der Waals surface area contributed by atoms with Crippen LogP contribution in [0.15, 0.2) is 81.5 Å². The number of aliphatic imine (C=N–C) groups is 1. The quantitative estimate of drug-likeness (QED) is 0.218. The highest BCUT2D eigenvalue weighted by molar-refractivity contribution is 6.31. The van der Waals surface area contributed by atoms with Gasteiger partial charge in [-0.1, -0.05) is 35.9 Å². The van der Waals surface area contributed by atoms with Gasteiger partial charge in [0.05, 0.1) is 23.9 Å². The number of hydrogen-bond donors (Lipinski definition) is 4. The molecule has 5 N–H and O–H groups in total. The average molecular weight is 532 g/mol. The summed E-state index contributed by atoms with van der Waals surface area (Å²) in [7, 11) is 1.27. The first kappa shape index (κ1) is 24.8. The van der Waals surface area contributed by atoms with Crippen LogP contribution in [0.5, 0.6) is 0 Å². The highest BCUT2D eigenvalue weighted by atomic mass is 35.5. The third kappa shape index (κ3) is 4.87. The Hall–Kier alpha value is -4.90. The molecule has 0 saturated carbocycles. The van der Waals surface area contributed by atoms with Gasteiger partial charge in [0.2, 0.25) is 5.96 Å². The van der Waals surface area contributed by atoms with E-state index in [-0.39, 0.29) is 17.4 Å². The third-order valence-corrected chi connectivity index (χ3v) is 6.12. The molecule has 0 spiro atoms. The van der Waals surface area contributed by atoms with E-state index in [1.165, 1.54) is 25.4 Å². The molecule has 1 atom stereocenters. The van der Waals surface area contributed by atoms with Crippen molar-refractivity contribution in [1.82, 2.24) is 15.3 Å². The number of pyridine rings is 1. The fourth-order valence-electron chi connectivity index (χ4n) is 4.01. The van der Waals surface area contributed by atoms with Gasteiger partial charge >= 0.3 is 12.0 Å². The summed E-state index contributed by atoms with van der Waals surface area (Å²) in [6.45, 7) is 1.73. The molecule has 1 aliphatic heterocycles. The van der Waals surface area contributed by atoms with Gasteiger partial charge in [0.1, 0.15) is 17.4 Å². The average Bonchev–Trinajstić information content (AvgIpc) is 3.32. The van der Waals surface area contributed by atoms with Crippen LogP contribution in [0, 0.1) is 0 Å². The lowest BCUT2D eigenvalue weighted by molar-refractivity contribution is -0.113. The summed E-state index contributed by atoms with van der Waals surface area (Å²) in [5.41, 5.74) is 9.13. The highest BCUT2D eigenvalue weighted by Gasteiger charge is 2.31. The van der Waals surface area contributed by atoms with Crippen molar-refractivity contribution in [2.45, 2.75) is 13.0 Å². The number of ether oxygens (including phenoxy) is 1. The fourth-order valence-corrected chi connectivity index (χ4v) is 4.25.